The van der Waals surface area contributed by atoms with Crippen LogP contribution in [-0.2, 0) is 34.5 Å². The Hall–Kier alpha value is -3.02. The van der Waals surface area contributed by atoms with Gasteiger partial charge in [0.2, 0.25) is 0 Å². The Morgan fingerprint density at radius 1 is 0.210 bits per heavy atom. The minimum absolute atomic E-state index is 1.06. The minimum atomic E-state index is -1.41. The first-order valence-corrected chi connectivity index (χ1v) is 40.3. The van der Waals surface area contributed by atoms with Gasteiger partial charge in [0.15, 0.2) is 0 Å². The Labute approximate surface area is 393 Å². The molecule has 0 unspecified atom stereocenters. The van der Waals surface area contributed by atoms with E-state index in [1.807, 2.05) is 36.4 Å². The molecule has 0 N–H and O–H groups in total. The maximum absolute atomic E-state index is 2.46. The Kier molecular flexibility index (Phi) is 12.9. The molecule has 304 valence electrons. The van der Waals surface area contributed by atoms with Crippen LogP contribution >= 0.6 is 60.1 Å². The van der Waals surface area contributed by atoms with Crippen LogP contribution in [0.2, 0.25) is 0 Å². The van der Waals surface area contributed by atoms with Gasteiger partial charge in [0.25, 0.3) is 0 Å². The van der Waals surface area contributed by atoms with E-state index in [2.05, 4.69) is 206 Å². The van der Waals surface area contributed by atoms with Crippen LogP contribution in [-0.4, -0.2) is 22.4 Å². The Bertz CT molecular complexity index is 2700. The van der Waals surface area contributed by atoms with Crippen molar-refractivity contribution in [1.82, 2.24) is 0 Å². The first kappa shape index (κ1) is 41.7. The summed E-state index contributed by atoms with van der Waals surface area (Å²) >= 11 is -2.82. The van der Waals surface area contributed by atoms with Gasteiger partial charge in [-0.1, -0.05) is 36.4 Å². The zero-order chi connectivity index (χ0) is 41.2. The fourth-order valence-electron chi connectivity index (χ4n) is 8.20. The van der Waals surface area contributed by atoms with Gasteiger partial charge in [-0.05, 0) is 0 Å². The third kappa shape index (κ3) is 9.80. The monoisotopic (exact) mass is 1030 g/mol. The summed E-state index contributed by atoms with van der Waals surface area (Å²) in [7, 11) is 13.4. The summed E-state index contributed by atoms with van der Waals surface area (Å²) in [4.78, 5) is 0. The quantitative estimate of drug-likeness (QED) is 0.109. The van der Waals surface area contributed by atoms with E-state index < -0.39 is 22.4 Å². The molecule has 20 bridgehead atoms. The van der Waals surface area contributed by atoms with Crippen LogP contribution < -0.4 is 0 Å². The van der Waals surface area contributed by atoms with Crippen molar-refractivity contribution in [3.05, 3.63) is 215 Å². The zero-order valence-corrected chi connectivity index (χ0v) is 42.6. The van der Waals surface area contributed by atoms with Crippen LogP contribution in [0.3, 0.4) is 0 Å². The molecule has 0 saturated heterocycles. The van der Waals surface area contributed by atoms with E-state index in [0.29, 0.717) is 0 Å². The molecule has 10 aromatic carbocycles. The third-order valence-electron chi connectivity index (χ3n) is 11.5. The number of rotatable bonds is 0. The third-order valence-corrected chi connectivity index (χ3v) is 48.1. The molecule has 36 aliphatic rings. The maximum atomic E-state index is 2.46. The Morgan fingerprint density at radius 3 is 0.565 bits per heavy atom. The number of hydrogen-bond donors (Lipinski definition) is 0. The molecule has 0 fully saturated rings. The van der Waals surface area contributed by atoms with Gasteiger partial charge in [0.1, 0.15) is 0 Å². The van der Waals surface area contributed by atoms with E-state index >= 15 is 0 Å². The molecule has 46 rings (SSSR count). The summed E-state index contributed by atoms with van der Waals surface area (Å²) in [6.45, 7) is 0. The summed E-state index contributed by atoms with van der Waals surface area (Å²) in [6.07, 6.45) is 0. The van der Waals surface area contributed by atoms with Crippen molar-refractivity contribution in [3.63, 3.8) is 0 Å². The number of hydrogen-bond acceptors (Lipinski definition) is 6. The van der Waals surface area contributed by atoms with Crippen LogP contribution in [0.15, 0.2) is 182 Å². The Morgan fingerprint density at radius 2 is 0.387 bits per heavy atom. The van der Waals surface area contributed by atoms with Crippen LogP contribution in [0.5, 0.6) is 0 Å². The second-order valence-electron chi connectivity index (χ2n) is 15.9. The predicted molar refractivity (Wildman–Crippen MR) is 290 cm³/mol. The summed E-state index contributed by atoms with van der Waals surface area (Å²) in [6, 6.07) is 69.8. The summed E-state index contributed by atoms with van der Waals surface area (Å²) in [5, 5.41) is 16.2. The standard InChI is InChI=1S/C48H36As2S6.C6H6/c1-7-37-19-44-14-32-2-8-38(44)20-43(37)13-31(1)25-51-49-52-26-33-3-9-39-23-47-17-35(5-11-41(47)21-45(39)15-33)29-55-50(54-28-32)56-30-36-6-12-42-22-46-16-34(27-53-49)4-10-40(46)24-48(42)18-36;1-2-4-6-5-3-1/h1-24H,25-30H2;1-6H. The zero-order valence-electron chi connectivity index (χ0n) is 33.9. The largest absolute Gasteiger partial charge is 0.0623 e. The molecule has 0 radical (unpaired) electrons. The molecule has 0 aliphatic carbocycles. The number of benzene rings is 10. The molecular formula is C54H42As2S6. The topological polar surface area (TPSA) is 0 Å². The van der Waals surface area contributed by atoms with Gasteiger partial charge < -0.3 is 0 Å². The van der Waals surface area contributed by atoms with Crippen molar-refractivity contribution in [3.8, 4) is 0 Å². The van der Waals surface area contributed by atoms with Crippen molar-refractivity contribution < 1.29 is 0 Å². The molecule has 36 heterocycles. The van der Waals surface area contributed by atoms with Gasteiger partial charge in [-0.3, -0.25) is 0 Å². The SMILES string of the molecule is c1cc2cc3cc4ccc3cc2cc1CS[As]1SCc2ccc3cc5cc(ccc5cc3c2)CS[As](SC4)SCc2ccc3cc4cc(ccc4cc3c2)CS1.c1ccccc1. The molecule has 0 amide bonds. The molecule has 62 heavy (non-hydrogen) atoms. The summed E-state index contributed by atoms with van der Waals surface area (Å²) in [5.74, 6) is 6.35. The van der Waals surface area contributed by atoms with Crippen LogP contribution in [0.1, 0.15) is 33.4 Å². The van der Waals surface area contributed by atoms with E-state index in [0.717, 1.165) is 34.5 Å². The van der Waals surface area contributed by atoms with Crippen molar-refractivity contribution in [2.75, 3.05) is 0 Å². The van der Waals surface area contributed by atoms with E-state index in [1.54, 1.807) is 0 Å². The summed E-state index contributed by atoms with van der Waals surface area (Å²) in [5.41, 5.74) is 8.62. The molecule has 0 spiro atoms. The first-order chi connectivity index (χ1) is 30.6. The van der Waals surface area contributed by atoms with E-state index in [4.69, 9.17) is 0 Å². The molecule has 36 aliphatic heterocycles. The molecule has 0 atom stereocenters. The fraction of sp³-hybridized carbons (Fsp3) is 0.111. The van der Waals surface area contributed by atoms with Gasteiger partial charge in [-0.25, -0.2) is 0 Å². The van der Waals surface area contributed by atoms with Crippen LogP contribution in [0.4, 0.5) is 0 Å². The van der Waals surface area contributed by atoms with Gasteiger partial charge in [-0.15, -0.1) is 0 Å². The van der Waals surface area contributed by atoms with Gasteiger partial charge in [0, 0.05) is 0 Å². The second-order valence-corrected chi connectivity index (χ2v) is 49.4. The molecule has 8 heteroatoms. The van der Waals surface area contributed by atoms with Crippen molar-refractivity contribution in [1.29, 1.82) is 0 Å². The fourth-order valence-corrected chi connectivity index (χ4v) is 40.5. The van der Waals surface area contributed by atoms with Crippen molar-refractivity contribution in [2.45, 2.75) is 34.5 Å². The molecular weight excluding hydrogens is 991 g/mol. The molecule has 10 aromatic rings. The van der Waals surface area contributed by atoms with Crippen LogP contribution in [0.25, 0.3) is 64.6 Å². The average molecular weight is 1030 g/mol. The van der Waals surface area contributed by atoms with E-state index in [-0.39, 0.29) is 0 Å². The molecule has 0 nitrogen and oxygen atoms in total. The van der Waals surface area contributed by atoms with E-state index in [1.165, 1.54) is 98.0 Å². The first-order valence-electron chi connectivity index (χ1n) is 20.8. The minimum Gasteiger partial charge on any atom is -0.0623 e. The van der Waals surface area contributed by atoms with Gasteiger partial charge in [0.05, 0.1) is 0 Å². The normalized spacial score (nSPS) is 17.2. The smallest absolute Gasteiger partial charge is 0.0623 e. The predicted octanol–water partition coefficient (Wildman–Crippen LogP) is 17.1. The van der Waals surface area contributed by atoms with E-state index in [9.17, 15) is 0 Å². The van der Waals surface area contributed by atoms with Gasteiger partial charge in [-0.2, -0.15) is 0 Å². The average Bonchev–Trinajstić information content (AvgIpc) is 3.31. The molecule has 0 aromatic heterocycles. The van der Waals surface area contributed by atoms with Crippen LogP contribution in [0, 0.1) is 0 Å². The van der Waals surface area contributed by atoms with Crippen molar-refractivity contribution in [2.24, 2.45) is 0 Å². The Balaban J connectivity index is 0.000000666. The summed E-state index contributed by atoms with van der Waals surface area (Å²) < 4.78 is 0. The van der Waals surface area contributed by atoms with Crippen molar-refractivity contribution >= 4 is 147 Å². The van der Waals surface area contributed by atoms with Gasteiger partial charge >= 0.3 is 361 Å². The molecule has 0 saturated carbocycles. The second kappa shape index (κ2) is 19.2. The maximum Gasteiger partial charge on any atom is -0.0623 e.